The molecule has 0 unspecified atom stereocenters. The molecule has 3 aromatic rings. The Morgan fingerprint density at radius 1 is 1.03 bits per heavy atom. The number of amides is 2. The molecule has 0 saturated heterocycles. The zero-order valence-corrected chi connectivity index (χ0v) is 20.7. The van der Waals surface area contributed by atoms with Crippen LogP contribution in [0.4, 0.5) is 17.1 Å². The summed E-state index contributed by atoms with van der Waals surface area (Å²) in [6.07, 6.45) is 0. The molecule has 0 atom stereocenters. The van der Waals surface area contributed by atoms with E-state index in [1.54, 1.807) is 49.4 Å². The van der Waals surface area contributed by atoms with Gasteiger partial charge in [-0.25, -0.2) is 0 Å². The average molecular weight is 529 g/mol. The first kappa shape index (κ1) is 26.4. The molecular weight excluding hydrogens is 508 g/mol. The third-order valence-electron chi connectivity index (χ3n) is 4.77. The molecule has 2 amide bonds. The first-order valence-electron chi connectivity index (χ1n) is 10.5. The molecule has 186 valence electrons. The molecule has 10 nitrogen and oxygen atoms in total. The fourth-order valence-electron chi connectivity index (χ4n) is 3.12. The zero-order valence-electron chi connectivity index (χ0n) is 19.2. The van der Waals surface area contributed by atoms with Crippen molar-refractivity contribution in [2.75, 3.05) is 24.4 Å². The van der Waals surface area contributed by atoms with Crippen molar-refractivity contribution in [2.24, 2.45) is 0 Å². The van der Waals surface area contributed by atoms with Gasteiger partial charge in [-0.05, 0) is 55.5 Å². The highest BCUT2D eigenvalue weighted by Gasteiger charge is 2.19. The van der Waals surface area contributed by atoms with Crippen LogP contribution in [0.2, 0.25) is 5.02 Å². The summed E-state index contributed by atoms with van der Waals surface area (Å²) < 4.78 is 10.6. The Bertz CT molecular complexity index is 1330. The third kappa shape index (κ3) is 6.46. The van der Waals surface area contributed by atoms with Crippen LogP contribution < -0.4 is 25.4 Å². The number of nitro benzene ring substituents is 1. The maximum Gasteiger partial charge on any atom is 0.311 e. The molecule has 3 aromatic carbocycles. The predicted molar refractivity (Wildman–Crippen MR) is 140 cm³/mol. The smallest absolute Gasteiger partial charge is 0.311 e. The molecule has 0 aromatic heterocycles. The van der Waals surface area contributed by atoms with Crippen LogP contribution in [0.5, 0.6) is 11.5 Å². The molecule has 0 aliphatic rings. The molecule has 0 bridgehead atoms. The summed E-state index contributed by atoms with van der Waals surface area (Å²) in [5.74, 6) is -0.661. The fraction of sp³-hybridized carbons (Fsp3) is 0.125. The van der Waals surface area contributed by atoms with Crippen molar-refractivity contribution < 1.29 is 24.0 Å². The van der Waals surface area contributed by atoms with Crippen LogP contribution in [0.1, 0.15) is 27.6 Å². The van der Waals surface area contributed by atoms with Gasteiger partial charge < -0.3 is 20.1 Å². The third-order valence-corrected chi connectivity index (χ3v) is 5.30. The van der Waals surface area contributed by atoms with Crippen LogP contribution in [0.15, 0.2) is 60.7 Å². The van der Waals surface area contributed by atoms with E-state index < -0.39 is 16.7 Å². The van der Waals surface area contributed by atoms with E-state index in [-0.39, 0.29) is 28.7 Å². The van der Waals surface area contributed by atoms with E-state index in [9.17, 15) is 19.7 Å². The summed E-state index contributed by atoms with van der Waals surface area (Å²) in [5.41, 5.74) is 0.865. The molecule has 36 heavy (non-hydrogen) atoms. The predicted octanol–water partition coefficient (Wildman–Crippen LogP) is 5.03. The number of carbonyl (C=O) groups excluding carboxylic acids is 2. The van der Waals surface area contributed by atoms with Gasteiger partial charge in [0.2, 0.25) is 0 Å². The molecule has 3 N–H and O–H groups in total. The van der Waals surface area contributed by atoms with Gasteiger partial charge >= 0.3 is 5.69 Å². The first-order chi connectivity index (χ1) is 17.2. The summed E-state index contributed by atoms with van der Waals surface area (Å²) in [5, 5.41) is 19.6. The molecule has 0 heterocycles. The van der Waals surface area contributed by atoms with Crippen LogP contribution in [0.3, 0.4) is 0 Å². The monoisotopic (exact) mass is 528 g/mol. The highest BCUT2D eigenvalue weighted by molar-refractivity contribution is 7.80. The van der Waals surface area contributed by atoms with Gasteiger partial charge in [0.1, 0.15) is 5.75 Å². The maximum absolute atomic E-state index is 12.6. The zero-order chi connectivity index (χ0) is 26.2. The van der Waals surface area contributed by atoms with Crippen LogP contribution in [-0.2, 0) is 0 Å². The van der Waals surface area contributed by atoms with Crippen LogP contribution in [0.25, 0.3) is 0 Å². The molecule has 12 heteroatoms. The number of nitrogens with one attached hydrogen (secondary N) is 3. The number of rotatable bonds is 8. The summed E-state index contributed by atoms with van der Waals surface area (Å²) in [4.78, 5) is 35.8. The van der Waals surface area contributed by atoms with E-state index in [1.165, 1.54) is 19.2 Å². The molecule has 0 spiro atoms. The Morgan fingerprint density at radius 2 is 1.78 bits per heavy atom. The van der Waals surface area contributed by atoms with Crippen molar-refractivity contribution in [2.45, 2.75) is 6.92 Å². The van der Waals surface area contributed by atoms with Crippen molar-refractivity contribution in [1.29, 1.82) is 0 Å². The number of hydrogen-bond donors (Lipinski definition) is 3. The number of thiocarbonyl (C=S) groups is 1. The van der Waals surface area contributed by atoms with Crippen molar-refractivity contribution in [1.82, 2.24) is 5.32 Å². The van der Waals surface area contributed by atoms with Gasteiger partial charge in [-0.1, -0.05) is 23.7 Å². The molecule has 0 radical (unpaired) electrons. The number of ether oxygens (including phenoxy) is 2. The minimum absolute atomic E-state index is 0.0320. The Kier molecular flexibility index (Phi) is 8.76. The van der Waals surface area contributed by atoms with E-state index in [2.05, 4.69) is 16.0 Å². The van der Waals surface area contributed by atoms with Crippen molar-refractivity contribution in [3.05, 3.63) is 86.9 Å². The minimum Gasteiger partial charge on any atom is -0.494 e. The second kappa shape index (κ2) is 12.0. The molecule has 0 aliphatic heterocycles. The number of methoxy groups -OCH3 is 1. The number of benzene rings is 3. The number of halogens is 1. The molecular formula is C24H21ClN4O6S. The van der Waals surface area contributed by atoms with E-state index in [0.29, 0.717) is 27.7 Å². The van der Waals surface area contributed by atoms with Gasteiger partial charge in [0, 0.05) is 23.4 Å². The lowest BCUT2D eigenvalue weighted by molar-refractivity contribution is -0.385. The Labute approximate surface area is 216 Å². The van der Waals surface area contributed by atoms with Crippen LogP contribution in [0, 0.1) is 10.1 Å². The van der Waals surface area contributed by atoms with E-state index >= 15 is 0 Å². The standard InChI is InChI=1S/C24H21ClN4O6S/c1-3-35-20-11-8-14(12-19(20)29(32)33)22(30)28-24(36)26-15-9-10-18(21(13-15)34-2)27-23(31)16-6-4-5-7-17(16)25/h4-13H,3H2,1-2H3,(H,27,31)(H2,26,28,30,36). The topological polar surface area (TPSA) is 132 Å². The summed E-state index contributed by atoms with van der Waals surface area (Å²) in [7, 11) is 1.43. The van der Waals surface area contributed by atoms with E-state index in [4.69, 9.17) is 33.3 Å². The van der Waals surface area contributed by atoms with Gasteiger partial charge in [0.15, 0.2) is 10.9 Å². The normalized spacial score (nSPS) is 10.2. The van der Waals surface area contributed by atoms with Gasteiger partial charge in [0.25, 0.3) is 11.8 Å². The van der Waals surface area contributed by atoms with Gasteiger partial charge in [-0.2, -0.15) is 0 Å². The van der Waals surface area contributed by atoms with Gasteiger partial charge in [0.05, 0.1) is 34.9 Å². The highest BCUT2D eigenvalue weighted by atomic mass is 35.5. The SMILES string of the molecule is CCOc1ccc(C(=O)NC(=S)Nc2ccc(NC(=O)c3ccccc3Cl)c(OC)c2)cc1[N+](=O)[O-]. The lowest BCUT2D eigenvalue weighted by Crippen LogP contribution is -2.34. The first-order valence-corrected chi connectivity index (χ1v) is 11.3. The number of hydrogen-bond acceptors (Lipinski definition) is 7. The van der Waals surface area contributed by atoms with Crippen molar-refractivity contribution in [3.8, 4) is 11.5 Å². The fourth-order valence-corrected chi connectivity index (χ4v) is 3.56. The Morgan fingerprint density at radius 3 is 2.44 bits per heavy atom. The molecule has 0 saturated carbocycles. The number of carbonyl (C=O) groups is 2. The lowest BCUT2D eigenvalue weighted by atomic mass is 10.1. The average Bonchev–Trinajstić information content (AvgIpc) is 2.85. The van der Waals surface area contributed by atoms with E-state index in [1.807, 2.05) is 0 Å². The summed E-state index contributed by atoms with van der Waals surface area (Å²) in [6.45, 7) is 1.94. The number of nitrogens with zero attached hydrogens (tertiary/aromatic N) is 1. The molecule has 0 aliphatic carbocycles. The van der Waals surface area contributed by atoms with E-state index in [0.717, 1.165) is 6.07 Å². The van der Waals surface area contributed by atoms with Gasteiger partial charge in [-0.15, -0.1) is 0 Å². The molecule has 3 rings (SSSR count). The molecule has 0 fully saturated rings. The van der Waals surface area contributed by atoms with Crippen LogP contribution in [-0.4, -0.2) is 35.6 Å². The minimum atomic E-state index is -0.644. The lowest BCUT2D eigenvalue weighted by Gasteiger charge is -2.14. The Balaban J connectivity index is 1.69. The number of nitro groups is 1. The highest BCUT2D eigenvalue weighted by Crippen LogP contribution is 2.30. The second-order valence-electron chi connectivity index (χ2n) is 7.13. The largest absolute Gasteiger partial charge is 0.494 e. The second-order valence-corrected chi connectivity index (χ2v) is 7.95. The number of anilines is 2. The van der Waals surface area contributed by atoms with Crippen molar-refractivity contribution in [3.63, 3.8) is 0 Å². The summed E-state index contributed by atoms with van der Waals surface area (Å²) >= 11 is 11.3. The maximum atomic E-state index is 12.6. The Hall–Kier alpha value is -4.22. The van der Waals surface area contributed by atoms with Gasteiger partial charge in [-0.3, -0.25) is 25.0 Å². The van der Waals surface area contributed by atoms with Crippen LogP contribution >= 0.6 is 23.8 Å². The van der Waals surface area contributed by atoms with Crippen molar-refractivity contribution >= 4 is 57.8 Å². The quantitative estimate of drug-likeness (QED) is 0.210. The summed E-state index contributed by atoms with van der Waals surface area (Å²) in [6, 6.07) is 15.3.